The van der Waals surface area contributed by atoms with Gasteiger partial charge in [0.15, 0.2) is 0 Å². The Morgan fingerprint density at radius 2 is 1.79 bits per heavy atom. The van der Waals surface area contributed by atoms with E-state index in [0.717, 1.165) is 5.56 Å². The van der Waals surface area contributed by atoms with E-state index in [1.807, 2.05) is 13.0 Å². The van der Waals surface area contributed by atoms with E-state index >= 15 is 0 Å². The molecule has 2 aromatic carbocycles. The summed E-state index contributed by atoms with van der Waals surface area (Å²) in [7, 11) is 0. The first-order valence-corrected chi connectivity index (χ1v) is 6.81. The predicted octanol–water partition coefficient (Wildman–Crippen LogP) is 5.55. The maximum absolute atomic E-state index is 13.7. The average molecular weight is 347 g/mol. The number of hydrogen-bond acceptors (Lipinski definition) is 1. The van der Waals surface area contributed by atoms with Crippen molar-refractivity contribution in [3.8, 4) is 0 Å². The molecule has 0 fully saturated rings. The monoisotopic (exact) mass is 345 g/mol. The van der Waals surface area contributed by atoms with Crippen LogP contribution in [0.4, 0.5) is 14.5 Å². The fourth-order valence-electron chi connectivity index (χ4n) is 1.76. The molecule has 0 bridgehead atoms. The van der Waals surface area contributed by atoms with E-state index in [4.69, 9.17) is 11.6 Å². The van der Waals surface area contributed by atoms with Gasteiger partial charge in [-0.1, -0.05) is 39.7 Å². The van der Waals surface area contributed by atoms with Gasteiger partial charge in [0.05, 0.1) is 0 Å². The van der Waals surface area contributed by atoms with Crippen LogP contribution in [0.1, 0.15) is 18.5 Å². The van der Waals surface area contributed by atoms with Crippen molar-refractivity contribution in [2.45, 2.75) is 13.0 Å². The van der Waals surface area contributed by atoms with Gasteiger partial charge in [-0.15, -0.1) is 0 Å². The Balaban J connectivity index is 2.26. The summed E-state index contributed by atoms with van der Waals surface area (Å²) < 4.78 is 27.8. The molecule has 0 aliphatic carbocycles. The molecule has 0 aromatic heterocycles. The van der Waals surface area contributed by atoms with Crippen molar-refractivity contribution in [1.82, 2.24) is 0 Å². The van der Waals surface area contributed by atoms with Crippen LogP contribution in [0.15, 0.2) is 40.9 Å². The van der Waals surface area contributed by atoms with Crippen LogP contribution in [0.25, 0.3) is 0 Å². The van der Waals surface area contributed by atoms with E-state index in [0.29, 0.717) is 9.50 Å². The van der Waals surface area contributed by atoms with E-state index in [9.17, 15) is 8.78 Å². The molecule has 0 aliphatic rings. The lowest BCUT2D eigenvalue weighted by atomic mass is 10.1. The molecule has 0 amide bonds. The van der Waals surface area contributed by atoms with Crippen LogP contribution >= 0.6 is 27.5 Å². The molecule has 0 saturated carbocycles. The van der Waals surface area contributed by atoms with E-state index in [-0.39, 0.29) is 11.7 Å². The molecule has 2 rings (SSSR count). The molecular weight excluding hydrogens is 336 g/mol. The van der Waals surface area contributed by atoms with Gasteiger partial charge in [-0.25, -0.2) is 8.78 Å². The van der Waals surface area contributed by atoms with E-state index in [1.54, 1.807) is 18.2 Å². The molecule has 5 heteroatoms. The second kappa shape index (κ2) is 5.88. The number of hydrogen-bond donors (Lipinski definition) is 1. The molecule has 1 atom stereocenters. The molecule has 0 aliphatic heterocycles. The number of halogens is 4. The highest BCUT2D eigenvalue weighted by Crippen LogP contribution is 2.28. The van der Waals surface area contributed by atoms with Gasteiger partial charge in [0, 0.05) is 15.5 Å². The average Bonchev–Trinajstić information content (AvgIpc) is 2.33. The maximum Gasteiger partial charge on any atom is 0.150 e. The Bertz CT molecular complexity index is 581. The Morgan fingerprint density at radius 1 is 1.16 bits per heavy atom. The normalized spacial score (nSPS) is 12.3. The van der Waals surface area contributed by atoms with Gasteiger partial charge in [0.2, 0.25) is 0 Å². The minimum absolute atomic E-state index is 0.143. The molecule has 0 spiro atoms. The fourth-order valence-corrected chi connectivity index (χ4v) is 2.36. The zero-order chi connectivity index (χ0) is 14.0. The molecule has 100 valence electrons. The van der Waals surface area contributed by atoms with Gasteiger partial charge in [-0.2, -0.15) is 0 Å². The van der Waals surface area contributed by atoms with Crippen molar-refractivity contribution in [1.29, 1.82) is 0 Å². The third kappa shape index (κ3) is 3.45. The molecule has 0 heterocycles. The molecule has 0 saturated heterocycles. The lowest BCUT2D eigenvalue weighted by Crippen LogP contribution is -2.09. The van der Waals surface area contributed by atoms with Gasteiger partial charge in [-0.05, 0) is 36.8 Å². The molecule has 0 radical (unpaired) electrons. The zero-order valence-corrected chi connectivity index (χ0v) is 12.4. The van der Waals surface area contributed by atoms with Crippen LogP contribution in [-0.4, -0.2) is 0 Å². The second-order valence-electron chi connectivity index (χ2n) is 4.17. The van der Waals surface area contributed by atoms with Crippen molar-refractivity contribution >= 4 is 33.2 Å². The van der Waals surface area contributed by atoms with Crippen molar-refractivity contribution in [2.75, 3.05) is 5.32 Å². The quantitative estimate of drug-likeness (QED) is 0.768. The molecular formula is C14H11BrClF2N. The van der Waals surface area contributed by atoms with Crippen LogP contribution in [0, 0.1) is 11.6 Å². The summed E-state index contributed by atoms with van der Waals surface area (Å²) in [5.41, 5.74) is 0.713. The smallest absolute Gasteiger partial charge is 0.150 e. The standard InChI is InChI=1S/C14H11BrClF2N/c1-8(9-3-2-4-11(16)5-9)19-14-12(17)6-10(15)7-13(14)18/h2-8,19H,1H3. The number of rotatable bonds is 3. The molecule has 1 unspecified atom stereocenters. The lowest BCUT2D eigenvalue weighted by Gasteiger charge is -2.17. The van der Waals surface area contributed by atoms with Crippen molar-refractivity contribution in [2.24, 2.45) is 0 Å². The Labute approximate surface area is 123 Å². The van der Waals surface area contributed by atoms with Crippen LogP contribution in [0.2, 0.25) is 5.02 Å². The largest absolute Gasteiger partial charge is 0.374 e. The second-order valence-corrected chi connectivity index (χ2v) is 5.52. The van der Waals surface area contributed by atoms with Crippen molar-refractivity contribution in [3.63, 3.8) is 0 Å². The summed E-state index contributed by atoms with van der Waals surface area (Å²) >= 11 is 8.94. The SMILES string of the molecule is CC(Nc1c(F)cc(Br)cc1F)c1cccc(Cl)c1. The van der Waals surface area contributed by atoms with E-state index in [1.165, 1.54) is 12.1 Å². The summed E-state index contributed by atoms with van der Waals surface area (Å²) in [6, 6.07) is 9.32. The third-order valence-corrected chi connectivity index (χ3v) is 3.41. The van der Waals surface area contributed by atoms with Gasteiger partial charge in [-0.3, -0.25) is 0 Å². The summed E-state index contributed by atoms with van der Waals surface area (Å²) in [4.78, 5) is 0. The molecule has 2 aromatic rings. The van der Waals surface area contributed by atoms with Crippen LogP contribution in [-0.2, 0) is 0 Å². The van der Waals surface area contributed by atoms with Gasteiger partial charge in [0.1, 0.15) is 17.3 Å². The van der Waals surface area contributed by atoms with Gasteiger partial charge in [0.25, 0.3) is 0 Å². The molecule has 1 N–H and O–H groups in total. The van der Waals surface area contributed by atoms with Gasteiger partial charge >= 0.3 is 0 Å². The van der Waals surface area contributed by atoms with E-state index < -0.39 is 11.6 Å². The maximum atomic E-state index is 13.7. The van der Waals surface area contributed by atoms with E-state index in [2.05, 4.69) is 21.2 Å². The first-order valence-electron chi connectivity index (χ1n) is 5.64. The Hall–Kier alpha value is -1.13. The first-order chi connectivity index (χ1) is 8.97. The highest BCUT2D eigenvalue weighted by atomic mass is 79.9. The first kappa shape index (κ1) is 14.3. The zero-order valence-electron chi connectivity index (χ0n) is 10.1. The van der Waals surface area contributed by atoms with Crippen LogP contribution < -0.4 is 5.32 Å². The third-order valence-electron chi connectivity index (χ3n) is 2.72. The number of nitrogens with one attached hydrogen (secondary N) is 1. The summed E-state index contributed by atoms with van der Waals surface area (Å²) in [5.74, 6) is -1.28. The highest BCUT2D eigenvalue weighted by molar-refractivity contribution is 9.10. The number of benzene rings is 2. The minimum Gasteiger partial charge on any atom is -0.374 e. The summed E-state index contributed by atoms with van der Waals surface area (Å²) in [5, 5.41) is 3.41. The Kier molecular flexibility index (Phi) is 4.42. The fraction of sp³-hybridized carbons (Fsp3) is 0.143. The predicted molar refractivity (Wildman–Crippen MR) is 77.5 cm³/mol. The summed E-state index contributed by atoms with van der Waals surface area (Å²) in [6.07, 6.45) is 0. The Morgan fingerprint density at radius 3 is 2.37 bits per heavy atom. The van der Waals surface area contributed by atoms with Crippen molar-refractivity contribution < 1.29 is 8.78 Å². The molecule has 19 heavy (non-hydrogen) atoms. The highest BCUT2D eigenvalue weighted by Gasteiger charge is 2.14. The van der Waals surface area contributed by atoms with Gasteiger partial charge < -0.3 is 5.32 Å². The minimum atomic E-state index is -0.638. The number of anilines is 1. The lowest BCUT2D eigenvalue weighted by molar-refractivity contribution is 0.583. The summed E-state index contributed by atoms with van der Waals surface area (Å²) in [6.45, 7) is 1.81. The molecule has 1 nitrogen and oxygen atoms in total. The van der Waals surface area contributed by atoms with Crippen molar-refractivity contribution in [3.05, 3.63) is 63.1 Å². The van der Waals surface area contributed by atoms with Crippen LogP contribution in [0.3, 0.4) is 0 Å². The van der Waals surface area contributed by atoms with Crippen LogP contribution in [0.5, 0.6) is 0 Å². The topological polar surface area (TPSA) is 12.0 Å².